The van der Waals surface area contributed by atoms with Gasteiger partial charge in [0.15, 0.2) is 0 Å². The van der Waals surface area contributed by atoms with Gasteiger partial charge in [-0.15, -0.1) is 0 Å². The number of carbonyl (C=O) groups excluding carboxylic acids is 1. The monoisotopic (exact) mass is 571 g/mol. The first-order valence-corrected chi connectivity index (χ1v) is 13.4. The van der Waals surface area contributed by atoms with E-state index >= 15 is 0 Å². The third-order valence-electron chi connectivity index (χ3n) is 6.70. The smallest absolute Gasteiger partial charge is 0.490 e. The van der Waals surface area contributed by atoms with Crippen LogP contribution in [0.4, 0.5) is 18.9 Å². The molecule has 0 spiro atoms. The number of carboxylic acids is 1. The maximum Gasteiger partial charge on any atom is 0.490 e. The number of carboxylic acid groups (broad SMARTS) is 1. The van der Waals surface area contributed by atoms with Gasteiger partial charge in [0, 0.05) is 37.4 Å². The fraction of sp³-hybridized carbons (Fsp3) is 0.355. The molecule has 1 fully saturated rings. The SMILES string of the molecule is CC(C)c1ccc(NC(=O)c2ccc(CN3CCCN(Cc4cccc(O)c4)CC3)cc2)cc1.O=C(O)C(F)(F)F. The molecule has 0 aromatic heterocycles. The summed E-state index contributed by atoms with van der Waals surface area (Å²) in [7, 11) is 0. The van der Waals surface area contributed by atoms with Crippen molar-refractivity contribution >= 4 is 17.6 Å². The zero-order valence-corrected chi connectivity index (χ0v) is 23.2. The predicted molar refractivity (Wildman–Crippen MR) is 152 cm³/mol. The van der Waals surface area contributed by atoms with E-state index in [0.29, 0.717) is 17.2 Å². The minimum absolute atomic E-state index is 0.0822. The van der Waals surface area contributed by atoms with Gasteiger partial charge in [-0.2, -0.15) is 13.2 Å². The number of phenols is 1. The van der Waals surface area contributed by atoms with E-state index in [9.17, 15) is 23.1 Å². The fourth-order valence-electron chi connectivity index (χ4n) is 4.43. The second-order valence-corrected chi connectivity index (χ2v) is 10.3. The molecule has 1 amide bonds. The number of aliphatic carboxylic acids is 1. The van der Waals surface area contributed by atoms with Gasteiger partial charge < -0.3 is 15.5 Å². The lowest BCUT2D eigenvalue weighted by Gasteiger charge is -2.22. The van der Waals surface area contributed by atoms with Crippen molar-refractivity contribution in [2.24, 2.45) is 0 Å². The molecule has 4 rings (SSSR count). The number of benzene rings is 3. The van der Waals surface area contributed by atoms with Crippen LogP contribution in [0.5, 0.6) is 5.75 Å². The van der Waals surface area contributed by atoms with Crippen molar-refractivity contribution < 1.29 is 33.0 Å². The van der Waals surface area contributed by atoms with E-state index in [1.165, 1.54) is 11.1 Å². The van der Waals surface area contributed by atoms with Crippen LogP contribution in [0.1, 0.15) is 53.2 Å². The first kappa shape index (κ1) is 31.6. The number of rotatable bonds is 7. The first-order valence-electron chi connectivity index (χ1n) is 13.4. The molecular weight excluding hydrogens is 535 g/mol. The number of nitrogens with one attached hydrogen (secondary N) is 1. The van der Waals surface area contributed by atoms with Crippen LogP contribution < -0.4 is 5.32 Å². The number of phenolic OH excluding ortho intramolecular Hbond substituents is 1. The number of anilines is 1. The molecule has 0 radical (unpaired) electrons. The Bertz CT molecular complexity index is 1280. The fourth-order valence-corrected chi connectivity index (χ4v) is 4.43. The Hall–Kier alpha value is -3.89. The molecule has 0 unspecified atom stereocenters. The van der Waals surface area contributed by atoms with Crippen LogP contribution >= 0.6 is 0 Å². The maximum atomic E-state index is 12.6. The highest BCUT2D eigenvalue weighted by Gasteiger charge is 2.38. The summed E-state index contributed by atoms with van der Waals surface area (Å²) in [5.74, 6) is -2.04. The van der Waals surface area contributed by atoms with Crippen LogP contribution in [0, 0.1) is 0 Å². The van der Waals surface area contributed by atoms with Crippen molar-refractivity contribution in [3.63, 3.8) is 0 Å². The Morgan fingerprint density at radius 3 is 1.93 bits per heavy atom. The molecule has 0 saturated carbocycles. The summed E-state index contributed by atoms with van der Waals surface area (Å²) < 4.78 is 31.7. The summed E-state index contributed by atoms with van der Waals surface area (Å²) >= 11 is 0. The number of alkyl halides is 3. The number of nitrogens with zero attached hydrogens (tertiary/aromatic N) is 2. The summed E-state index contributed by atoms with van der Waals surface area (Å²) in [4.78, 5) is 26.5. The molecule has 41 heavy (non-hydrogen) atoms. The third kappa shape index (κ3) is 10.5. The molecule has 3 aromatic rings. The summed E-state index contributed by atoms with van der Waals surface area (Å²) in [6.45, 7) is 10.2. The van der Waals surface area contributed by atoms with E-state index in [-0.39, 0.29) is 5.91 Å². The largest absolute Gasteiger partial charge is 0.508 e. The lowest BCUT2D eigenvalue weighted by molar-refractivity contribution is -0.192. The summed E-state index contributed by atoms with van der Waals surface area (Å²) in [6, 6.07) is 23.5. The average molecular weight is 572 g/mol. The van der Waals surface area contributed by atoms with Crippen molar-refractivity contribution in [3.8, 4) is 5.75 Å². The van der Waals surface area contributed by atoms with Crippen LogP contribution in [0.2, 0.25) is 0 Å². The van der Waals surface area contributed by atoms with Crippen LogP contribution in [0.15, 0.2) is 72.8 Å². The quantitative estimate of drug-likeness (QED) is 0.317. The zero-order chi connectivity index (χ0) is 30.0. The van der Waals surface area contributed by atoms with Crippen molar-refractivity contribution in [1.82, 2.24) is 9.80 Å². The Labute approximate surface area is 238 Å². The highest BCUT2D eigenvalue weighted by Crippen LogP contribution is 2.19. The van der Waals surface area contributed by atoms with E-state index in [1.54, 1.807) is 6.07 Å². The molecule has 1 aliphatic rings. The van der Waals surface area contributed by atoms with Crippen LogP contribution in [-0.4, -0.2) is 64.2 Å². The lowest BCUT2D eigenvalue weighted by Crippen LogP contribution is -2.30. The molecular formula is C31H36F3N3O4. The number of hydrogen-bond donors (Lipinski definition) is 3. The van der Waals surface area contributed by atoms with Gasteiger partial charge in [0.1, 0.15) is 5.75 Å². The first-order chi connectivity index (χ1) is 19.4. The molecule has 0 bridgehead atoms. The normalized spacial score (nSPS) is 14.6. The Morgan fingerprint density at radius 1 is 0.854 bits per heavy atom. The van der Waals surface area contributed by atoms with Gasteiger partial charge in [0.25, 0.3) is 5.91 Å². The van der Waals surface area contributed by atoms with Crippen molar-refractivity contribution in [1.29, 1.82) is 0 Å². The molecule has 10 heteroatoms. The molecule has 1 aliphatic heterocycles. The molecule has 1 heterocycles. The van der Waals surface area contributed by atoms with E-state index in [1.807, 2.05) is 36.4 Å². The van der Waals surface area contributed by atoms with E-state index in [4.69, 9.17) is 9.90 Å². The zero-order valence-electron chi connectivity index (χ0n) is 23.2. The Kier molecular flexibility index (Phi) is 11.3. The van der Waals surface area contributed by atoms with Gasteiger partial charge in [-0.3, -0.25) is 14.6 Å². The minimum Gasteiger partial charge on any atom is -0.508 e. The molecule has 1 saturated heterocycles. The van der Waals surface area contributed by atoms with Gasteiger partial charge in [-0.25, -0.2) is 4.79 Å². The van der Waals surface area contributed by atoms with Crippen LogP contribution in [-0.2, 0) is 17.9 Å². The van der Waals surface area contributed by atoms with Crippen LogP contribution in [0.25, 0.3) is 0 Å². The van der Waals surface area contributed by atoms with Gasteiger partial charge in [0.05, 0.1) is 0 Å². The number of aromatic hydroxyl groups is 1. The second kappa shape index (κ2) is 14.7. The highest BCUT2D eigenvalue weighted by molar-refractivity contribution is 6.04. The van der Waals surface area contributed by atoms with E-state index in [0.717, 1.165) is 56.9 Å². The number of carbonyl (C=O) groups is 2. The van der Waals surface area contributed by atoms with Gasteiger partial charge >= 0.3 is 12.1 Å². The highest BCUT2D eigenvalue weighted by atomic mass is 19.4. The standard InChI is InChI=1S/C29H35N3O2.C2HF3O2/c1-22(2)25-11-13-27(14-12-25)30-29(34)26-9-7-23(8-10-26)20-31-15-4-16-32(18-17-31)21-24-5-3-6-28(33)19-24;3-2(4,5)1(6)7/h3,5-14,19,22,33H,4,15-18,20-21H2,1-2H3,(H,30,34);(H,6,7). The van der Waals surface area contributed by atoms with Gasteiger partial charge in [-0.1, -0.05) is 50.2 Å². The van der Waals surface area contributed by atoms with Gasteiger partial charge in [-0.05, 0) is 78.5 Å². The van der Waals surface area contributed by atoms with Crippen molar-refractivity contribution in [3.05, 3.63) is 95.1 Å². The molecule has 0 aliphatic carbocycles. The average Bonchev–Trinajstić information content (AvgIpc) is 3.14. The lowest BCUT2D eigenvalue weighted by atomic mass is 10.0. The Morgan fingerprint density at radius 2 is 1.41 bits per heavy atom. The van der Waals surface area contributed by atoms with E-state index in [2.05, 4.69) is 59.3 Å². The summed E-state index contributed by atoms with van der Waals surface area (Å²) in [5.41, 5.74) is 5.12. The van der Waals surface area contributed by atoms with Gasteiger partial charge in [0.2, 0.25) is 0 Å². The molecule has 3 N–H and O–H groups in total. The predicted octanol–water partition coefficient (Wildman–Crippen LogP) is 6.11. The molecule has 3 aromatic carbocycles. The third-order valence-corrected chi connectivity index (χ3v) is 6.70. The second-order valence-electron chi connectivity index (χ2n) is 10.3. The summed E-state index contributed by atoms with van der Waals surface area (Å²) in [5, 5.41) is 19.8. The van der Waals surface area contributed by atoms with Crippen molar-refractivity contribution in [2.45, 2.75) is 45.5 Å². The van der Waals surface area contributed by atoms with E-state index < -0.39 is 12.1 Å². The Balaban J connectivity index is 0.000000587. The minimum atomic E-state index is -5.08. The number of hydrogen-bond acceptors (Lipinski definition) is 5. The number of amides is 1. The number of halogens is 3. The maximum absolute atomic E-state index is 12.6. The topological polar surface area (TPSA) is 93.1 Å². The molecule has 0 atom stereocenters. The molecule has 220 valence electrons. The summed E-state index contributed by atoms with van der Waals surface area (Å²) in [6.07, 6.45) is -3.96. The van der Waals surface area contributed by atoms with Crippen molar-refractivity contribution in [2.75, 3.05) is 31.5 Å². The molecule has 7 nitrogen and oxygen atoms in total. The van der Waals surface area contributed by atoms with Crippen LogP contribution in [0.3, 0.4) is 0 Å².